The van der Waals surface area contributed by atoms with E-state index in [0.29, 0.717) is 16.5 Å². The van der Waals surface area contributed by atoms with Gasteiger partial charge in [-0.1, -0.05) is 47.6 Å². The zero-order valence-electron chi connectivity index (χ0n) is 15.5. The van der Waals surface area contributed by atoms with Crippen LogP contribution in [0.3, 0.4) is 0 Å². The summed E-state index contributed by atoms with van der Waals surface area (Å²) in [7, 11) is 0. The standard InChI is InChI=1S/C19H18ClN5O3S/c1-2-28-18(27)14-5-3-4-6-15(14)22-16-17(26)25(21)19(24-23-16)29-11-12-7-9-13(20)10-8-12/h3-10H,2,11,21H2,1H3,(H,22,23). The van der Waals surface area contributed by atoms with E-state index < -0.39 is 11.5 Å². The van der Waals surface area contributed by atoms with Crippen LogP contribution >= 0.6 is 23.4 Å². The van der Waals surface area contributed by atoms with Crippen molar-refractivity contribution in [3.05, 3.63) is 75.0 Å². The fourth-order valence-corrected chi connectivity index (χ4v) is 3.33. The first-order valence-electron chi connectivity index (χ1n) is 8.64. The molecule has 3 N–H and O–H groups in total. The maximum absolute atomic E-state index is 12.6. The maximum atomic E-state index is 12.6. The Balaban J connectivity index is 1.79. The van der Waals surface area contributed by atoms with Crippen molar-refractivity contribution < 1.29 is 9.53 Å². The molecule has 0 fully saturated rings. The molecule has 0 aliphatic carbocycles. The number of hydrogen-bond donors (Lipinski definition) is 2. The molecule has 1 aromatic heterocycles. The first-order valence-corrected chi connectivity index (χ1v) is 10.0. The Morgan fingerprint density at radius 2 is 1.93 bits per heavy atom. The van der Waals surface area contributed by atoms with Gasteiger partial charge >= 0.3 is 11.5 Å². The van der Waals surface area contributed by atoms with Crippen molar-refractivity contribution in [2.45, 2.75) is 17.8 Å². The molecule has 3 rings (SSSR count). The molecule has 0 radical (unpaired) electrons. The first kappa shape index (κ1) is 20.7. The number of benzene rings is 2. The average Bonchev–Trinajstić information content (AvgIpc) is 2.72. The summed E-state index contributed by atoms with van der Waals surface area (Å²) in [5, 5.41) is 11.7. The van der Waals surface area contributed by atoms with E-state index in [4.69, 9.17) is 22.2 Å². The number of aromatic nitrogens is 3. The minimum Gasteiger partial charge on any atom is -0.462 e. The molecule has 1 heterocycles. The minimum absolute atomic E-state index is 0.0971. The molecule has 0 aliphatic rings. The monoisotopic (exact) mass is 431 g/mol. The van der Waals surface area contributed by atoms with Gasteiger partial charge in [-0.15, -0.1) is 10.2 Å². The van der Waals surface area contributed by atoms with Gasteiger partial charge in [0, 0.05) is 10.8 Å². The molecule has 0 unspecified atom stereocenters. The van der Waals surface area contributed by atoms with Crippen molar-refractivity contribution in [1.82, 2.24) is 14.9 Å². The van der Waals surface area contributed by atoms with Crippen LogP contribution < -0.4 is 16.7 Å². The SMILES string of the molecule is CCOC(=O)c1ccccc1Nc1nnc(SCc2ccc(Cl)cc2)n(N)c1=O. The van der Waals surface area contributed by atoms with Gasteiger partial charge in [0.1, 0.15) is 0 Å². The third kappa shape index (κ3) is 5.07. The second-order valence-electron chi connectivity index (χ2n) is 5.81. The Morgan fingerprint density at radius 3 is 2.66 bits per heavy atom. The highest BCUT2D eigenvalue weighted by molar-refractivity contribution is 7.98. The highest BCUT2D eigenvalue weighted by atomic mass is 35.5. The number of hydrogen-bond acceptors (Lipinski definition) is 8. The fourth-order valence-electron chi connectivity index (χ4n) is 2.40. The molecule has 0 saturated heterocycles. The van der Waals surface area contributed by atoms with Gasteiger partial charge in [0.2, 0.25) is 11.0 Å². The van der Waals surface area contributed by atoms with E-state index in [1.54, 1.807) is 43.3 Å². The fraction of sp³-hybridized carbons (Fsp3) is 0.158. The van der Waals surface area contributed by atoms with E-state index in [2.05, 4.69) is 15.5 Å². The number of nitrogens with zero attached hydrogens (tertiary/aromatic N) is 3. The van der Waals surface area contributed by atoms with Crippen LogP contribution in [-0.4, -0.2) is 27.4 Å². The van der Waals surface area contributed by atoms with Crippen LogP contribution in [0.2, 0.25) is 5.02 Å². The van der Waals surface area contributed by atoms with Gasteiger partial charge in [0.15, 0.2) is 0 Å². The molecule has 0 bridgehead atoms. The Morgan fingerprint density at radius 1 is 1.21 bits per heavy atom. The number of para-hydroxylation sites is 1. The molecule has 0 saturated carbocycles. The number of carbonyl (C=O) groups excluding carboxylic acids is 1. The molecular weight excluding hydrogens is 414 g/mol. The number of anilines is 2. The maximum Gasteiger partial charge on any atom is 0.340 e. The molecule has 8 nitrogen and oxygen atoms in total. The second-order valence-corrected chi connectivity index (χ2v) is 7.19. The van der Waals surface area contributed by atoms with Crippen molar-refractivity contribution in [3.8, 4) is 0 Å². The lowest BCUT2D eigenvalue weighted by molar-refractivity contribution is 0.0527. The van der Waals surface area contributed by atoms with E-state index >= 15 is 0 Å². The largest absolute Gasteiger partial charge is 0.462 e. The van der Waals surface area contributed by atoms with Gasteiger partial charge in [0.05, 0.1) is 17.9 Å². The molecule has 2 aromatic carbocycles. The smallest absolute Gasteiger partial charge is 0.340 e. The van der Waals surface area contributed by atoms with Gasteiger partial charge < -0.3 is 15.9 Å². The summed E-state index contributed by atoms with van der Waals surface area (Å²) < 4.78 is 5.95. The summed E-state index contributed by atoms with van der Waals surface area (Å²) in [5.74, 6) is 5.84. The Kier molecular flexibility index (Phi) is 6.73. The van der Waals surface area contributed by atoms with Crippen LogP contribution in [0.25, 0.3) is 0 Å². The third-order valence-electron chi connectivity index (χ3n) is 3.82. The van der Waals surface area contributed by atoms with E-state index in [1.165, 1.54) is 11.8 Å². The van der Waals surface area contributed by atoms with Crippen molar-refractivity contribution >= 4 is 40.8 Å². The average molecular weight is 432 g/mol. The van der Waals surface area contributed by atoms with E-state index in [0.717, 1.165) is 10.2 Å². The van der Waals surface area contributed by atoms with Gasteiger partial charge in [-0.05, 0) is 36.8 Å². The Hall–Kier alpha value is -3.04. The van der Waals surface area contributed by atoms with Crippen LogP contribution in [0, 0.1) is 0 Å². The van der Waals surface area contributed by atoms with Gasteiger partial charge in [-0.25, -0.2) is 4.79 Å². The summed E-state index contributed by atoms with van der Waals surface area (Å²) in [4.78, 5) is 24.7. The van der Waals surface area contributed by atoms with E-state index in [9.17, 15) is 9.59 Å². The predicted octanol–water partition coefficient (Wildman–Crippen LogP) is 3.22. The predicted molar refractivity (Wildman–Crippen MR) is 113 cm³/mol. The number of nitrogens with one attached hydrogen (secondary N) is 1. The van der Waals surface area contributed by atoms with Crippen molar-refractivity contribution in [3.63, 3.8) is 0 Å². The lowest BCUT2D eigenvalue weighted by atomic mass is 10.2. The molecule has 150 valence electrons. The van der Waals surface area contributed by atoms with Gasteiger partial charge in [-0.3, -0.25) is 4.79 Å². The van der Waals surface area contributed by atoms with Crippen molar-refractivity contribution in [2.24, 2.45) is 0 Å². The quantitative estimate of drug-likeness (QED) is 0.333. The molecule has 0 amide bonds. The van der Waals surface area contributed by atoms with E-state index in [-0.39, 0.29) is 23.1 Å². The van der Waals surface area contributed by atoms with Crippen molar-refractivity contribution in [1.29, 1.82) is 0 Å². The number of rotatable bonds is 7. The van der Waals surface area contributed by atoms with Crippen LogP contribution in [-0.2, 0) is 10.5 Å². The zero-order valence-corrected chi connectivity index (χ0v) is 17.0. The van der Waals surface area contributed by atoms with Gasteiger partial charge in [0.25, 0.3) is 0 Å². The lowest BCUT2D eigenvalue weighted by Gasteiger charge is -2.11. The topological polar surface area (TPSA) is 112 Å². The normalized spacial score (nSPS) is 10.6. The first-order chi connectivity index (χ1) is 14.0. The van der Waals surface area contributed by atoms with Gasteiger partial charge in [-0.2, -0.15) is 4.68 Å². The Labute approximate surface area is 176 Å². The summed E-state index contributed by atoms with van der Waals surface area (Å²) >= 11 is 7.15. The van der Waals surface area contributed by atoms with Crippen LogP contribution in [0.4, 0.5) is 11.5 Å². The highest BCUT2D eigenvalue weighted by Gasteiger charge is 2.16. The molecule has 0 atom stereocenters. The summed E-state index contributed by atoms with van der Waals surface area (Å²) in [6.45, 7) is 1.95. The highest BCUT2D eigenvalue weighted by Crippen LogP contribution is 2.22. The van der Waals surface area contributed by atoms with Crippen molar-refractivity contribution in [2.75, 3.05) is 17.8 Å². The summed E-state index contributed by atoms with van der Waals surface area (Å²) in [6.07, 6.45) is 0. The number of nitrogen functional groups attached to an aromatic ring is 1. The summed E-state index contributed by atoms with van der Waals surface area (Å²) in [6, 6.07) is 14.0. The van der Waals surface area contributed by atoms with E-state index in [1.807, 2.05) is 12.1 Å². The van der Waals surface area contributed by atoms with Crippen LogP contribution in [0.15, 0.2) is 58.5 Å². The molecule has 0 spiro atoms. The number of nitrogens with two attached hydrogens (primary N) is 1. The Bertz CT molecular complexity index is 1070. The number of esters is 1. The molecular formula is C19H18ClN5O3S. The second kappa shape index (κ2) is 9.44. The molecule has 0 aliphatic heterocycles. The zero-order chi connectivity index (χ0) is 20.8. The minimum atomic E-state index is -0.572. The lowest BCUT2D eigenvalue weighted by Crippen LogP contribution is -2.32. The number of thioether (sulfide) groups is 1. The summed E-state index contributed by atoms with van der Waals surface area (Å²) in [5.41, 5.74) is 1.08. The number of carbonyl (C=O) groups is 1. The molecule has 3 aromatic rings. The van der Waals surface area contributed by atoms with Crippen LogP contribution in [0.1, 0.15) is 22.8 Å². The number of halogens is 1. The molecule has 10 heteroatoms. The molecule has 29 heavy (non-hydrogen) atoms. The van der Waals surface area contributed by atoms with Crippen LogP contribution in [0.5, 0.6) is 0 Å². The number of ether oxygens (including phenoxy) is 1. The third-order valence-corrected chi connectivity index (χ3v) is 5.09.